The average molecular weight is 588 g/mol. The number of ether oxygens (including phenoxy) is 1. The molecule has 2 heterocycles. The van der Waals surface area contributed by atoms with Crippen molar-refractivity contribution in [2.75, 3.05) is 25.2 Å². The van der Waals surface area contributed by atoms with E-state index >= 15 is 0 Å². The lowest BCUT2D eigenvalue weighted by Gasteiger charge is -2.32. The Balaban J connectivity index is 1.49. The lowest BCUT2D eigenvalue weighted by molar-refractivity contribution is -0.0449. The highest BCUT2D eigenvalue weighted by molar-refractivity contribution is 7.91. The number of nitrogens with zero attached hydrogens (tertiary/aromatic N) is 3. The SMILES string of the molecule is CCn1nc(C(=O)NC[C@H]2CC[C@H](S(C)(=O)=O)CC2)c(Cl)c1-c1cnc(N[C@H]2CCCCC2(F)F)cc1OC. The maximum Gasteiger partial charge on any atom is 0.273 e. The number of halogens is 3. The number of pyridine rings is 1. The van der Waals surface area contributed by atoms with Crippen molar-refractivity contribution in [3.63, 3.8) is 0 Å². The molecule has 13 heteroatoms. The summed E-state index contributed by atoms with van der Waals surface area (Å²) in [6.07, 6.45) is 6.79. The van der Waals surface area contributed by atoms with E-state index in [2.05, 4.69) is 20.7 Å². The maximum atomic E-state index is 14.3. The molecule has 9 nitrogen and oxygen atoms in total. The summed E-state index contributed by atoms with van der Waals surface area (Å²) in [6, 6.07) is 0.548. The van der Waals surface area contributed by atoms with E-state index in [1.54, 1.807) is 10.7 Å². The Kier molecular flexibility index (Phi) is 9.05. The van der Waals surface area contributed by atoms with Crippen molar-refractivity contribution in [1.82, 2.24) is 20.1 Å². The Morgan fingerprint density at radius 2 is 1.95 bits per heavy atom. The number of sulfone groups is 1. The van der Waals surface area contributed by atoms with Gasteiger partial charge < -0.3 is 15.4 Å². The van der Waals surface area contributed by atoms with Crippen molar-refractivity contribution in [1.29, 1.82) is 0 Å². The third-order valence-electron chi connectivity index (χ3n) is 7.79. The number of methoxy groups -OCH3 is 1. The zero-order valence-electron chi connectivity index (χ0n) is 22.5. The highest BCUT2D eigenvalue weighted by Crippen LogP contribution is 2.39. The lowest BCUT2D eigenvalue weighted by Crippen LogP contribution is -2.42. The molecule has 0 aliphatic heterocycles. The van der Waals surface area contributed by atoms with Gasteiger partial charge in [-0.15, -0.1) is 0 Å². The Bertz CT molecular complexity index is 1300. The quantitative estimate of drug-likeness (QED) is 0.426. The van der Waals surface area contributed by atoms with Crippen LogP contribution in [-0.2, 0) is 16.4 Å². The van der Waals surface area contributed by atoms with Crippen LogP contribution in [0.4, 0.5) is 14.6 Å². The first-order chi connectivity index (χ1) is 18.4. The van der Waals surface area contributed by atoms with E-state index in [1.165, 1.54) is 19.6 Å². The van der Waals surface area contributed by atoms with Gasteiger partial charge in [-0.05, 0) is 51.4 Å². The second-order valence-electron chi connectivity index (χ2n) is 10.5. The number of anilines is 1. The van der Waals surface area contributed by atoms with Crippen LogP contribution in [0, 0.1) is 5.92 Å². The smallest absolute Gasteiger partial charge is 0.273 e. The van der Waals surface area contributed by atoms with E-state index in [0.29, 0.717) is 55.8 Å². The maximum absolute atomic E-state index is 14.3. The number of aryl methyl sites for hydroxylation is 1. The molecule has 2 aromatic heterocycles. The van der Waals surface area contributed by atoms with Crippen LogP contribution < -0.4 is 15.4 Å². The third kappa shape index (κ3) is 6.65. The van der Waals surface area contributed by atoms with Crippen LogP contribution in [0.3, 0.4) is 0 Å². The number of carbonyl (C=O) groups is 1. The first kappa shape index (κ1) is 29.5. The van der Waals surface area contributed by atoms with Crippen LogP contribution in [0.25, 0.3) is 11.3 Å². The molecule has 2 aromatic rings. The second kappa shape index (κ2) is 12.0. The van der Waals surface area contributed by atoms with Gasteiger partial charge in [0.2, 0.25) is 0 Å². The second-order valence-corrected chi connectivity index (χ2v) is 13.2. The summed E-state index contributed by atoms with van der Waals surface area (Å²) in [5.41, 5.74) is 0.984. The number of alkyl halides is 2. The molecule has 0 aromatic carbocycles. The predicted octanol–water partition coefficient (Wildman–Crippen LogP) is 4.95. The van der Waals surface area contributed by atoms with E-state index in [9.17, 15) is 22.0 Å². The number of aromatic nitrogens is 3. The number of hydrogen-bond acceptors (Lipinski definition) is 7. The minimum Gasteiger partial charge on any atom is -0.496 e. The van der Waals surface area contributed by atoms with Crippen molar-refractivity contribution < 1.29 is 26.7 Å². The van der Waals surface area contributed by atoms with Crippen LogP contribution >= 0.6 is 11.6 Å². The Labute approximate surface area is 233 Å². The molecule has 0 radical (unpaired) electrons. The molecule has 4 rings (SSSR count). The van der Waals surface area contributed by atoms with Gasteiger partial charge in [0.1, 0.15) is 21.4 Å². The molecule has 2 aliphatic rings. The van der Waals surface area contributed by atoms with E-state index in [0.717, 1.165) is 19.3 Å². The summed E-state index contributed by atoms with van der Waals surface area (Å²) in [7, 11) is -1.59. The van der Waals surface area contributed by atoms with Crippen molar-refractivity contribution in [2.45, 2.75) is 82.0 Å². The highest BCUT2D eigenvalue weighted by atomic mass is 35.5. The van der Waals surface area contributed by atoms with Gasteiger partial charge in [0.25, 0.3) is 11.8 Å². The monoisotopic (exact) mass is 587 g/mol. The molecule has 216 valence electrons. The van der Waals surface area contributed by atoms with E-state index in [-0.39, 0.29) is 34.1 Å². The number of carbonyl (C=O) groups excluding carboxylic acids is 1. The number of nitrogens with one attached hydrogen (secondary N) is 2. The topological polar surface area (TPSA) is 115 Å². The van der Waals surface area contributed by atoms with Gasteiger partial charge in [-0.2, -0.15) is 5.10 Å². The third-order valence-corrected chi connectivity index (χ3v) is 9.83. The summed E-state index contributed by atoms with van der Waals surface area (Å²) in [4.78, 5) is 17.4. The summed E-state index contributed by atoms with van der Waals surface area (Å²) in [6.45, 7) is 2.67. The van der Waals surface area contributed by atoms with Crippen molar-refractivity contribution >= 4 is 33.2 Å². The van der Waals surface area contributed by atoms with E-state index in [1.807, 2.05) is 6.92 Å². The van der Waals surface area contributed by atoms with Gasteiger partial charge in [0.05, 0.1) is 34.7 Å². The number of amides is 1. The average Bonchev–Trinajstić information content (AvgIpc) is 3.24. The van der Waals surface area contributed by atoms with Gasteiger partial charge in [-0.3, -0.25) is 9.48 Å². The fourth-order valence-corrected chi connectivity index (χ4v) is 6.92. The molecule has 2 aliphatic carbocycles. The molecule has 0 spiro atoms. The zero-order chi connectivity index (χ0) is 28.4. The first-order valence-electron chi connectivity index (χ1n) is 13.4. The molecule has 39 heavy (non-hydrogen) atoms. The molecular weight excluding hydrogens is 552 g/mol. The fourth-order valence-electron chi connectivity index (χ4n) is 5.47. The molecule has 0 bridgehead atoms. The molecule has 0 unspecified atom stereocenters. The van der Waals surface area contributed by atoms with Crippen LogP contribution in [0.2, 0.25) is 5.02 Å². The Morgan fingerprint density at radius 1 is 1.23 bits per heavy atom. The largest absolute Gasteiger partial charge is 0.496 e. The Hall–Kier alpha value is -2.47. The van der Waals surface area contributed by atoms with Crippen LogP contribution in [-0.4, -0.2) is 66.2 Å². The fraction of sp³-hybridized carbons (Fsp3) is 0.654. The molecular formula is C26H36ClF2N5O4S. The zero-order valence-corrected chi connectivity index (χ0v) is 24.0. The summed E-state index contributed by atoms with van der Waals surface area (Å²) in [5.74, 6) is -2.43. The van der Waals surface area contributed by atoms with Crippen LogP contribution in [0.15, 0.2) is 12.3 Å². The Morgan fingerprint density at radius 3 is 2.56 bits per heavy atom. The van der Waals surface area contributed by atoms with Gasteiger partial charge in [0.15, 0.2) is 5.69 Å². The summed E-state index contributed by atoms with van der Waals surface area (Å²) in [5, 5.41) is 9.99. The van der Waals surface area contributed by atoms with Gasteiger partial charge in [0, 0.05) is 38.0 Å². The molecule has 2 fully saturated rings. The molecule has 2 N–H and O–H groups in total. The summed E-state index contributed by atoms with van der Waals surface area (Å²) >= 11 is 6.68. The summed E-state index contributed by atoms with van der Waals surface area (Å²) < 4.78 is 59.4. The molecule has 1 atom stereocenters. The standard InChI is InChI=1S/C26H36ClF2N5O4S/c1-4-34-24(18-15-30-21(13-19(18)38-2)32-20-7-5-6-12-26(20,28)29)22(27)23(33-34)25(35)31-14-16-8-10-17(11-9-16)39(3,36)37/h13,15-17,20H,4-12,14H2,1-3H3,(H,30,32)(H,31,35)/t16-,17-,20-/m0/s1. The van der Waals surface area contributed by atoms with E-state index in [4.69, 9.17) is 16.3 Å². The van der Waals surface area contributed by atoms with Crippen LogP contribution in [0.5, 0.6) is 5.75 Å². The molecule has 1 amide bonds. The van der Waals surface area contributed by atoms with Gasteiger partial charge in [-0.1, -0.05) is 18.0 Å². The van der Waals surface area contributed by atoms with Crippen LogP contribution in [0.1, 0.15) is 68.8 Å². The van der Waals surface area contributed by atoms with Crippen molar-refractivity contribution in [3.8, 4) is 17.0 Å². The van der Waals surface area contributed by atoms with Crippen molar-refractivity contribution in [3.05, 3.63) is 23.0 Å². The highest BCUT2D eigenvalue weighted by Gasteiger charge is 2.41. The van der Waals surface area contributed by atoms with Gasteiger partial charge >= 0.3 is 0 Å². The number of hydrogen-bond donors (Lipinski definition) is 2. The molecule has 2 saturated carbocycles. The minimum absolute atomic E-state index is 0.0597. The normalized spacial score (nSPS) is 23.3. The lowest BCUT2D eigenvalue weighted by atomic mass is 9.89. The number of rotatable bonds is 9. The minimum atomic E-state index is -3.05. The molecule has 0 saturated heterocycles. The van der Waals surface area contributed by atoms with Gasteiger partial charge in [-0.25, -0.2) is 22.2 Å². The van der Waals surface area contributed by atoms with Crippen molar-refractivity contribution in [2.24, 2.45) is 5.92 Å². The van der Waals surface area contributed by atoms with E-state index < -0.39 is 27.7 Å². The predicted molar refractivity (Wildman–Crippen MR) is 146 cm³/mol. The first-order valence-corrected chi connectivity index (χ1v) is 15.7.